The average Bonchev–Trinajstić information content (AvgIpc) is 2.56. The van der Waals surface area contributed by atoms with Crippen LogP contribution in [0.5, 0.6) is 0 Å². The average molecular weight is 205 g/mol. The molecule has 0 unspecified atom stereocenters. The minimum absolute atomic E-state index is 0.0234. The topological polar surface area (TPSA) is 63.8 Å². The maximum Gasteiger partial charge on any atom is 0.274 e. The van der Waals surface area contributed by atoms with Crippen LogP contribution >= 0.6 is 0 Å². The van der Waals surface area contributed by atoms with E-state index in [9.17, 15) is 4.79 Å². The van der Waals surface area contributed by atoms with E-state index < -0.39 is 0 Å². The van der Waals surface area contributed by atoms with Gasteiger partial charge in [0.15, 0.2) is 0 Å². The van der Waals surface area contributed by atoms with E-state index in [0.717, 1.165) is 11.1 Å². The Hall–Kier alpha value is -1.55. The molecule has 0 spiro atoms. The first-order valence-electron chi connectivity index (χ1n) is 5.06. The molecule has 1 aromatic heterocycles. The van der Waals surface area contributed by atoms with Crippen LogP contribution in [0.1, 0.15) is 25.5 Å². The van der Waals surface area contributed by atoms with Crippen molar-refractivity contribution in [3.8, 4) is 0 Å². The highest BCUT2D eigenvalue weighted by molar-refractivity contribution is 5.78. The van der Waals surface area contributed by atoms with Crippen molar-refractivity contribution in [2.24, 2.45) is 5.73 Å². The maximum absolute atomic E-state index is 11.9. The van der Waals surface area contributed by atoms with E-state index in [4.69, 9.17) is 5.73 Å². The number of benzene rings is 1. The van der Waals surface area contributed by atoms with Crippen LogP contribution in [0.15, 0.2) is 23.0 Å². The zero-order valence-electron chi connectivity index (χ0n) is 8.95. The van der Waals surface area contributed by atoms with Gasteiger partial charge in [0.05, 0.1) is 10.9 Å². The zero-order valence-corrected chi connectivity index (χ0v) is 8.95. The summed E-state index contributed by atoms with van der Waals surface area (Å²) < 4.78 is 1.63. The Morgan fingerprint density at radius 1 is 1.47 bits per heavy atom. The van der Waals surface area contributed by atoms with Crippen LogP contribution in [-0.4, -0.2) is 9.78 Å². The summed E-state index contributed by atoms with van der Waals surface area (Å²) in [6.07, 6.45) is 0. The van der Waals surface area contributed by atoms with Crippen molar-refractivity contribution >= 4 is 10.9 Å². The van der Waals surface area contributed by atoms with Crippen molar-refractivity contribution < 1.29 is 0 Å². The Bertz CT molecular complexity index is 536. The second-order valence-corrected chi connectivity index (χ2v) is 3.96. The summed E-state index contributed by atoms with van der Waals surface area (Å²) in [4.78, 5) is 11.9. The van der Waals surface area contributed by atoms with Gasteiger partial charge in [0.25, 0.3) is 5.56 Å². The van der Waals surface area contributed by atoms with Gasteiger partial charge in [-0.3, -0.25) is 9.89 Å². The zero-order chi connectivity index (χ0) is 11.0. The van der Waals surface area contributed by atoms with Crippen molar-refractivity contribution in [1.82, 2.24) is 9.78 Å². The monoisotopic (exact) mass is 205 g/mol. The quantitative estimate of drug-likeness (QED) is 0.777. The molecule has 0 atom stereocenters. The lowest BCUT2D eigenvalue weighted by Gasteiger charge is -2.03. The van der Waals surface area contributed by atoms with Gasteiger partial charge in [-0.05, 0) is 31.5 Å². The molecule has 0 aliphatic rings. The molecular formula is C11H15N3O. The summed E-state index contributed by atoms with van der Waals surface area (Å²) in [5.74, 6) is 0. The van der Waals surface area contributed by atoms with Gasteiger partial charge in [0.1, 0.15) is 0 Å². The van der Waals surface area contributed by atoms with Crippen LogP contribution in [-0.2, 0) is 6.54 Å². The first-order valence-corrected chi connectivity index (χ1v) is 5.06. The van der Waals surface area contributed by atoms with Gasteiger partial charge in [-0.25, -0.2) is 4.68 Å². The van der Waals surface area contributed by atoms with Gasteiger partial charge in [0, 0.05) is 12.6 Å². The molecule has 0 amide bonds. The molecule has 4 heteroatoms. The number of nitrogens with two attached hydrogens (primary N) is 1. The molecular weight excluding hydrogens is 190 g/mol. The van der Waals surface area contributed by atoms with Crippen molar-refractivity contribution in [3.63, 3.8) is 0 Å². The Labute approximate surface area is 87.7 Å². The molecule has 2 rings (SSSR count). The van der Waals surface area contributed by atoms with Crippen molar-refractivity contribution in [3.05, 3.63) is 34.1 Å². The standard InChI is InChI=1S/C11H15N3O/c1-7(2)14-11(15)9-5-8(6-12)3-4-10(9)13-14/h3-5,7,13H,6,12H2,1-2H3. The summed E-state index contributed by atoms with van der Waals surface area (Å²) in [7, 11) is 0. The Morgan fingerprint density at radius 2 is 2.20 bits per heavy atom. The second-order valence-electron chi connectivity index (χ2n) is 3.96. The molecule has 80 valence electrons. The molecule has 0 aliphatic heterocycles. The fourth-order valence-electron chi connectivity index (χ4n) is 1.67. The Balaban J connectivity index is 2.72. The Kier molecular flexibility index (Phi) is 2.36. The summed E-state index contributed by atoms with van der Waals surface area (Å²) in [5.41, 5.74) is 7.41. The highest BCUT2D eigenvalue weighted by Crippen LogP contribution is 2.12. The number of nitrogens with zero attached hydrogens (tertiary/aromatic N) is 1. The maximum atomic E-state index is 11.9. The van der Waals surface area contributed by atoms with E-state index in [1.165, 1.54) is 0 Å². The van der Waals surface area contributed by atoms with Crippen LogP contribution in [0.2, 0.25) is 0 Å². The van der Waals surface area contributed by atoms with E-state index in [1.54, 1.807) is 4.68 Å². The molecule has 3 N–H and O–H groups in total. The van der Waals surface area contributed by atoms with E-state index in [-0.39, 0.29) is 11.6 Å². The Morgan fingerprint density at radius 3 is 2.80 bits per heavy atom. The third kappa shape index (κ3) is 1.57. The molecule has 4 nitrogen and oxygen atoms in total. The summed E-state index contributed by atoms with van der Waals surface area (Å²) in [6.45, 7) is 4.41. The van der Waals surface area contributed by atoms with E-state index >= 15 is 0 Å². The molecule has 0 radical (unpaired) electrons. The molecule has 0 saturated heterocycles. The normalized spacial score (nSPS) is 11.5. The lowest BCUT2D eigenvalue weighted by molar-refractivity contribution is 0.522. The number of nitrogens with one attached hydrogen (secondary N) is 1. The van der Waals surface area contributed by atoms with Crippen molar-refractivity contribution in [2.45, 2.75) is 26.4 Å². The number of hydrogen-bond acceptors (Lipinski definition) is 2. The number of hydrogen-bond donors (Lipinski definition) is 2. The van der Waals surface area contributed by atoms with Gasteiger partial charge < -0.3 is 5.73 Å². The molecule has 0 aliphatic carbocycles. The number of H-pyrrole nitrogens is 1. The molecule has 15 heavy (non-hydrogen) atoms. The largest absolute Gasteiger partial charge is 0.326 e. The van der Waals surface area contributed by atoms with Gasteiger partial charge in [-0.2, -0.15) is 0 Å². The fraction of sp³-hybridized carbons (Fsp3) is 0.364. The summed E-state index contributed by atoms with van der Waals surface area (Å²) in [6, 6.07) is 5.83. The number of fused-ring (bicyclic) bond motifs is 1. The van der Waals surface area contributed by atoms with Gasteiger partial charge in [-0.15, -0.1) is 0 Å². The lowest BCUT2D eigenvalue weighted by atomic mass is 10.1. The highest BCUT2D eigenvalue weighted by Gasteiger charge is 2.08. The first-order chi connectivity index (χ1) is 7.13. The predicted molar refractivity (Wildman–Crippen MR) is 60.8 cm³/mol. The number of rotatable bonds is 2. The van der Waals surface area contributed by atoms with Crippen molar-refractivity contribution in [1.29, 1.82) is 0 Å². The number of aromatic nitrogens is 2. The van der Waals surface area contributed by atoms with Crippen LogP contribution < -0.4 is 11.3 Å². The van der Waals surface area contributed by atoms with Crippen LogP contribution in [0.3, 0.4) is 0 Å². The molecule has 0 saturated carbocycles. The first kappa shape index (κ1) is 9.98. The van der Waals surface area contributed by atoms with Crippen LogP contribution in [0.4, 0.5) is 0 Å². The van der Waals surface area contributed by atoms with E-state index in [0.29, 0.717) is 11.9 Å². The molecule has 1 aromatic carbocycles. The van der Waals surface area contributed by atoms with Crippen LogP contribution in [0, 0.1) is 0 Å². The van der Waals surface area contributed by atoms with Crippen molar-refractivity contribution in [2.75, 3.05) is 0 Å². The highest BCUT2D eigenvalue weighted by atomic mass is 16.1. The van der Waals surface area contributed by atoms with Crippen LogP contribution in [0.25, 0.3) is 10.9 Å². The molecule has 0 bridgehead atoms. The second kappa shape index (κ2) is 3.55. The summed E-state index contributed by atoms with van der Waals surface area (Å²) in [5, 5.41) is 3.79. The van der Waals surface area contributed by atoms with E-state index in [2.05, 4.69) is 5.10 Å². The number of aromatic amines is 1. The third-order valence-electron chi connectivity index (χ3n) is 2.53. The SMILES string of the molecule is CC(C)n1[nH]c2ccc(CN)cc2c1=O. The molecule has 1 heterocycles. The smallest absolute Gasteiger partial charge is 0.274 e. The fourth-order valence-corrected chi connectivity index (χ4v) is 1.67. The molecule has 0 fully saturated rings. The third-order valence-corrected chi connectivity index (χ3v) is 2.53. The molecule has 2 aromatic rings. The minimum atomic E-state index is 0.0234. The van der Waals surface area contributed by atoms with Gasteiger partial charge in [-0.1, -0.05) is 6.07 Å². The minimum Gasteiger partial charge on any atom is -0.326 e. The summed E-state index contributed by atoms with van der Waals surface area (Å²) >= 11 is 0. The van der Waals surface area contributed by atoms with Gasteiger partial charge in [0.2, 0.25) is 0 Å². The van der Waals surface area contributed by atoms with Gasteiger partial charge >= 0.3 is 0 Å². The lowest BCUT2D eigenvalue weighted by Crippen LogP contribution is -2.18. The van der Waals surface area contributed by atoms with E-state index in [1.807, 2.05) is 32.0 Å². The predicted octanol–water partition coefficient (Wildman–Crippen LogP) is 1.37.